The fourth-order valence-corrected chi connectivity index (χ4v) is 3.47. The lowest BCUT2D eigenvalue weighted by atomic mass is 10.1. The molecule has 28 heavy (non-hydrogen) atoms. The van der Waals surface area contributed by atoms with Crippen molar-refractivity contribution < 1.29 is 14.1 Å². The van der Waals surface area contributed by atoms with Crippen LogP contribution in [-0.4, -0.2) is 59.5 Å². The van der Waals surface area contributed by atoms with Crippen molar-refractivity contribution in [3.05, 3.63) is 46.7 Å². The van der Waals surface area contributed by atoms with Crippen molar-refractivity contribution in [2.75, 3.05) is 38.0 Å². The van der Waals surface area contributed by atoms with E-state index in [2.05, 4.69) is 15.4 Å². The predicted octanol–water partition coefficient (Wildman–Crippen LogP) is 3.20. The summed E-state index contributed by atoms with van der Waals surface area (Å²) in [4.78, 5) is 29.3. The van der Waals surface area contributed by atoms with Gasteiger partial charge in [-0.15, -0.1) is 0 Å². The number of aromatic nitrogens is 1. The summed E-state index contributed by atoms with van der Waals surface area (Å²) in [7, 11) is 0. The lowest BCUT2D eigenvalue weighted by Crippen LogP contribution is -2.43. The Morgan fingerprint density at radius 3 is 2.71 bits per heavy atom. The molecule has 0 saturated carbocycles. The highest BCUT2D eigenvalue weighted by Crippen LogP contribution is 2.14. The van der Waals surface area contributed by atoms with E-state index in [0.717, 1.165) is 19.6 Å². The number of aryl methyl sites for hydroxylation is 1. The Bertz CT molecular complexity index is 817. The number of anilines is 1. The lowest BCUT2D eigenvalue weighted by molar-refractivity contribution is -0.117. The van der Waals surface area contributed by atoms with Crippen molar-refractivity contribution in [1.29, 1.82) is 0 Å². The van der Waals surface area contributed by atoms with E-state index in [9.17, 15) is 9.59 Å². The van der Waals surface area contributed by atoms with Crippen LogP contribution in [0.2, 0.25) is 5.02 Å². The van der Waals surface area contributed by atoms with Crippen molar-refractivity contribution in [3.8, 4) is 0 Å². The van der Waals surface area contributed by atoms with Gasteiger partial charge in [0.1, 0.15) is 12.3 Å². The molecule has 2 aromatic rings. The van der Waals surface area contributed by atoms with Crippen LogP contribution in [0.25, 0.3) is 0 Å². The minimum Gasteiger partial charge on any atom is -0.360 e. The van der Waals surface area contributed by atoms with Gasteiger partial charge in [0, 0.05) is 29.7 Å². The smallest absolute Gasteiger partial charge is 0.254 e. The van der Waals surface area contributed by atoms with E-state index in [-0.39, 0.29) is 18.4 Å². The summed E-state index contributed by atoms with van der Waals surface area (Å²) in [6.07, 6.45) is 3.60. The van der Waals surface area contributed by atoms with Gasteiger partial charge in [0.25, 0.3) is 5.91 Å². The van der Waals surface area contributed by atoms with Gasteiger partial charge in [-0.05, 0) is 51.1 Å². The second-order valence-corrected chi connectivity index (χ2v) is 7.45. The van der Waals surface area contributed by atoms with E-state index in [0.29, 0.717) is 28.7 Å². The highest BCUT2D eigenvalue weighted by molar-refractivity contribution is 6.31. The largest absolute Gasteiger partial charge is 0.360 e. The summed E-state index contributed by atoms with van der Waals surface area (Å²) >= 11 is 6.03. The van der Waals surface area contributed by atoms with Gasteiger partial charge >= 0.3 is 0 Å². The molecule has 0 unspecified atom stereocenters. The first-order chi connectivity index (χ1) is 13.5. The molecule has 1 N–H and O–H groups in total. The molecule has 0 bridgehead atoms. The van der Waals surface area contributed by atoms with E-state index in [1.165, 1.54) is 19.3 Å². The Labute approximate surface area is 169 Å². The zero-order valence-corrected chi connectivity index (χ0v) is 16.7. The minimum absolute atomic E-state index is 0.0644. The second kappa shape index (κ2) is 9.71. The van der Waals surface area contributed by atoms with E-state index >= 15 is 0 Å². The summed E-state index contributed by atoms with van der Waals surface area (Å²) in [6.45, 7) is 4.95. The molecule has 8 heteroatoms. The molecular weight excluding hydrogens is 380 g/mol. The number of carbonyl (C=O) groups excluding carboxylic acids is 2. The first kappa shape index (κ1) is 20.4. The monoisotopic (exact) mass is 404 g/mol. The minimum atomic E-state index is -0.317. The van der Waals surface area contributed by atoms with Gasteiger partial charge in [0.05, 0.1) is 0 Å². The van der Waals surface area contributed by atoms with Crippen molar-refractivity contribution in [3.63, 3.8) is 0 Å². The number of amides is 2. The number of hydrogen-bond acceptors (Lipinski definition) is 5. The Balaban J connectivity index is 1.67. The SMILES string of the molecule is Cc1cc(NC(=O)CN(CCN2CCCCC2)C(=O)c2cccc(Cl)c2)no1. The third kappa shape index (κ3) is 5.81. The van der Waals surface area contributed by atoms with Crippen molar-refractivity contribution >= 4 is 29.2 Å². The molecule has 1 aliphatic rings. The van der Waals surface area contributed by atoms with Crippen LogP contribution >= 0.6 is 11.6 Å². The Morgan fingerprint density at radius 2 is 2.04 bits per heavy atom. The topological polar surface area (TPSA) is 78.7 Å². The number of nitrogens with zero attached hydrogens (tertiary/aromatic N) is 3. The molecule has 0 radical (unpaired) electrons. The molecule has 1 aromatic heterocycles. The Kier molecular flexibility index (Phi) is 7.06. The van der Waals surface area contributed by atoms with Crippen molar-refractivity contribution in [2.24, 2.45) is 0 Å². The molecule has 7 nitrogen and oxygen atoms in total. The highest BCUT2D eigenvalue weighted by Gasteiger charge is 2.21. The number of rotatable bonds is 7. The molecule has 150 valence electrons. The summed E-state index contributed by atoms with van der Waals surface area (Å²) in [5.74, 6) is 0.411. The summed E-state index contributed by atoms with van der Waals surface area (Å²) in [5.41, 5.74) is 0.469. The fraction of sp³-hybridized carbons (Fsp3) is 0.450. The second-order valence-electron chi connectivity index (χ2n) is 7.01. The Hall–Kier alpha value is -2.38. The number of halogens is 1. The number of benzene rings is 1. The predicted molar refractivity (Wildman–Crippen MR) is 108 cm³/mol. The van der Waals surface area contributed by atoms with Crippen LogP contribution in [0.15, 0.2) is 34.9 Å². The van der Waals surface area contributed by atoms with E-state index < -0.39 is 0 Å². The first-order valence-corrected chi connectivity index (χ1v) is 9.89. The number of piperidine rings is 1. The standard InChI is InChI=1S/C20H25ClN4O3/c1-15-12-18(23-28-15)22-19(26)14-25(11-10-24-8-3-2-4-9-24)20(27)16-6-5-7-17(21)13-16/h5-7,12-13H,2-4,8-11,14H2,1H3,(H,22,23,26). The third-order valence-electron chi connectivity index (χ3n) is 4.72. The van der Waals surface area contributed by atoms with Crippen LogP contribution in [0.3, 0.4) is 0 Å². The zero-order valence-electron chi connectivity index (χ0n) is 16.0. The average molecular weight is 405 g/mol. The number of carbonyl (C=O) groups is 2. The van der Waals surface area contributed by atoms with E-state index in [1.54, 1.807) is 42.2 Å². The molecule has 2 heterocycles. The van der Waals surface area contributed by atoms with Crippen LogP contribution in [-0.2, 0) is 4.79 Å². The van der Waals surface area contributed by atoms with Gasteiger partial charge in [-0.25, -0.2) is 0 Å². The summed E-state index contributed by atoms with van der Waals surface area (Å²) in [5, 5.41) is 6.92. The van der Waals surface area contributed by atoms with Crippen LogP contribution in [0.4, 0.5) is 5.82 Å². The Morgan fingerprint density at radius 1 is 1.25 bits per heavy atom. The fourth-order valence-electron chi connectivity index (χ4n) is 3.28. The van der Waals surface area contributed by atoms with Crippen LogP contribution in [0.1, 0.15) is 35.4 Å². The molecule has 2 amide bonds. The lowest BCUT2D eigenvalue weighted by Gasteiger charge is -2.30. The third-order valence-corrected chi connectivity index (χ3v) is 4.96. The first-order valence-electron chi connectivity index (χ1n) is 9.51. The maximum Gasteiger partial charge on any atom is 0.254 e. The van der Waals surface area contributed by atoms with Gasteiger partial charge in [-0.3, -0.25) is 9.59 Å². The van der Waals surface area contributed by atoms with Gasteiger partial charge < -0.3 is 19.6 Å². The van der Waals surface area contributed by atoms with Crippen LogP contribution < -0.4 is 5.32 Å². The van der Waals surface area contributed by atoms with E-state index in [1.807, 2.05) is 0 Å². The molecule has 1 saturated heterocycles. The molecule has 1 fully saturated rings. The van der Waals surface area contributed by atoms with Crippen molar-refractivity contribution in [1.82, 2.24) is 15.0 Å². The number of hydrogen-bond donors (Lipinski definition) is 1. The molecule has 3 rings (SSSR count). The maximum absolute atomic E-state index is 13.0. The van der Waals surface area contributed by atoms with Gasteiger partial charge in [0.2, 0.25) is 5.91 Å². The highest BCUT2D eigenvalue weighted by atomic mass is 35.5. The molecule has 1 aromatic carbocycles. The van der Waals surface area contributed by atoms with Gasteiger partial charge in [-0.1, -0.05) is 29.2 Å². The van der Waals surface area contributed by atoms with Crippen LogP contribution in [0.5, 0.6) is 0 Å². The van der Waals surface area contributed by atoms with Crippen molar-refractivity contribution in [2.45, 2.75) is 26.2 Å². The quantitative estimate of drug-likeness (QED) is 0.766. The number of nitrogens with one attached hydrogen (secondary N) is 1. The molecular formula is C20H25ClN4O3. The van der Waals surface area contributed by atoms with Crippen LogP contribution in [0, 0.1) is 6.92 Å². The summed E-state index contributed by atoms with van der Waals surface area (Å²) < 4.78 is 4.96. The van der Waals surface area contributed by atoms with Gasteiger partial charge in [-0.2, -0.15) is 0 Å². The average Bonchev–Trinajstić information content (AvgIpc) is 3.10. The summed E-state index contributed by atoms with van der Waals surface area (Å²) in [6, 6.07) is 8.42. The molecule has 0 atom stereocenters. The maximum atomic E-state index is 13.0. The van der Waals surface area contributed by atoms with Gasteiger partial charge in [0.15, 0.2) is 5.82 Å². The normalized spacial score (nSPS) is 14.6. The molecule has 0 spiro atoms. The zero-order chi connectivity index (χ0) is 19.9. The van der Waals surface area contributed by atoms with E-state index in [4.69, 9.17) is 16.1 Å². The number of likely N-dealkylation sites (tertiary alicyclic amines) is 1. The molecule has 1 aliphatic heterocycles. The molecule has 0 aliphatic carbocycles.